The third kappa shape index (κ3) is 3.64. The van der Waals surface area contributed by atoms with E-state index in [9.17, 15) is 18.5 Å². The molecule has 1 rings (SSSR count). The van der Waals surface area contributed by atoms with Crippen molar-refractivity contribution in [2.24, 2.45) is 0 Å². The average Bonchev–Trinajstić information content (AvgIpc) is 2.29. The molecule has 9 heteroatoms. The molecule has 8 nitrogen and oxygen atoms in total. The molecule has 0 amide bonds. The summed E-state index contributed by atoms with van der Waals surface area (Å²) in [5, 5.41) is 13.3. The minimum Gasteiger partial charge on any atom is -0.363 e. The van der Waals surface area contributed by atoms with Gasteiger partial charge in [0.15, 0.2) is 0 Å². The fraction of sp³-hybridized carbons (Fsp3) is 0.444. The summed E-state index contributed by atoms with van der Waals surface area (Å²) in [6.45, 7) is 0.0539. The third-order valence-corrected chi connectivity index (χ3v) is 4.02. The second-order valence-corrected chi connectivity index (χ2v) is 5.96. The van der Waals surface area contributed by atoms with Crippen LogP contribution in [0.15, 0.2) is 18.3 Å². The van der Waals surface area contributed by atoms with Crippen LogP contribution in [0.5, 0.6) is 0 Å². The highest BCUT2D eigenvalue weighted by Crippen LogP contribution is 2.19. The Kier molecular flexibility index (Phi) is 4.56. The molecule has 0 unspecified atom stereocenters. The Morgan fingerprint density at radius 3 is 2.72 bits per heavy atom. The molecule has 0 saturated heterocycles. The van der Waals surface area contributed by atoms with E-state index in [1.54, 1.807) is 0 Å². The molecule has 0 saturated carbocycles. The van der Waals surface area contributed by atoms with Crippen LogP contribution < -0.4 is 5.32 Å². The lowest BCUT2D eigenvalue weighted by atomic mass is 10.4. The zero-order chi connectivity index (χ0) is 13.8. The normalized spacial score (nSPS) is 11.5. The van der Waals surface area contributed by atoms with E-state index in [1.807, 2.05) is 0 Å². The van der Waals surface area contributed by atoms with Gasteiger partial charge in [-0.3, -0.25) is 10.1 Å². The van der Waals surface area contributed by atoms with Gasteiger partial charge in [0.2, 0.25) is 15.8 Å². The first kappa shape index (κ1) is 14.3. The third-order valence-electron chi connectivity index (χ3n) is 2.19. The first-order valence-electron chi connectivity index (χ1n) is 5.08. The number of pyridine rings is 1. The summed E-state index contributed by atoms with van der Waals surface area (Å²) in [7, 11) is -0.470. The van der Waals surface area contributed by atoms with Crippen LogP contribution in [0, 0.1) is 10.1 Å². The lowest BCUT2D eigenvalue weighted by molar-refractivity contribution is -0.384. The van der Waals surface area contributed by atoms with Crippen molar-refractivity contribution in [3.8, 4) is 0 Å². The molecule has 0 aliphatic rings. The summed E-state index contributed by atoms with van der Waals surface area (Å²) in [5.41, 5.74) is -0.181. The van der Waals surface area contributed by atoms with Crippen LogP contribution in [0.3, 0.4) is 0 Å². The molecule has 18 heavy (non-hydrogen) atoms. The van der Waals surface area contributed by atoms with Crippen LogP contribution in [0.4, 0.5) is 11.5 Å². The molecule has 1 aromatic rings. The number of nitrogens with one attached hydrogen (secondary N) is 1. The van der Waals surface area contributed by atoms with Crippen molar-refractivity contribution in [1.82, 2.24) is 9.29 Å². The molecule has 0 aliphatic heterocycles. The molecular weight excluding hydrogens is 260 g/mol. The van der Waals surface area contributed by atoms with Gasteiger partial charge in [0.25, 0.3) is 0 Å². The number of hydrogen-bond donors (Lipinski definition) is 1. The zero-order valence-electron chi connectivity index (χ0n) is 10.0. The molecule has 0 aliphatic carbocycles. The Balaban J connectivity index is 2.68. The van der Waals surface area contributed by atoms with Crippen molar-refractivity contribution in [1.29, 1.82) is 0 Å². The fourth-order valence-corrected chi connectivity index (χ4v) is 1.89. The van der Waals surface area contributed by atoms with Gasteiger partial charge in [-0.1, -0.05) is 0 Å². The Labute approximate surface area is 105 Å². The van der Waals surface area contributed by atoms with E-state index in [2.05, 4.69) is 10.3 Å². The highest BCUT2D eigenvalue weighted by Gasteiger charge is 2.16. The number of nitro groups is 1. The van der Waals surface area contributed by atoms with Gasteiger partial charge in [0.05, 0.1) is 10.7 Å². The Bertz CT molecular complexity index is 529. The second kappa shape index (κ2) is 5.74. The van der Waals surface area contributed by atoms with Gasteiger partial charge < -0.3 is 5.32 Å². The van der Waals surface area contributed by atoms with E-state index in [0.29, 0.717) is 0 Å². The van der Waals surface area contributed by atoms with E-state index in [4.69, 9.17) is 0 Å². The van der Waals surface area contributed by atoms with Crippen LogP contribution >= 0.6 is 0 Å². The maximum absolute atomic E-state index is 11.5. The summed E-state index contributed by atoms with van der Waals surface area (Å²) < 4.78 is 24.0. The summed E-state index contributed by atoms with van der Waals surface area (Å²) in [4.78, 5) is 13.9. The number of anilines is 1. The second-order valence-electron chi connectivity index (χ2n) is 3.65. The van der Waals surface area contributed by atoms with Crippen molar-refractivity contribution in [3.63, 3.8) is 0 Å². The Morgan fingerprint density at radius 1 is 1.50 bits per heavy atom. The summed E-state index contributed by atoms with van der Waals surface area (Å²) in [6, 6.07) is 2.75. The number of sulfonamides is 1. The highest BCUT2D eigenvalue weighted by molar-refractivity contribution is 7.89. The van der Waals surface area contributed by atoms with Gasteiger partial charge in [-0.2, -0.15) is 0 Å². The average molecular weight is 274 g/mol. The number of hydrogen-bond acceptors (Lipinski definition) is 6. The highest BCUT2D eigenvalue weighted by atomic mass is 32.2. The largest absolute Gasteiger partial charge is 0.363 e. The van der Waals surface area contributed by atoms with Gasteiger partial charge >= 0.3 is 5.69 Å². The van der Waals surface area contributed by atoms with Crippen molar-refractivity contribution < 1.29 is 13.3 Å². The minimum atomic E-state index is -3.33. The van der Waals surface area contributed by atoms with Crippen LogP contribution in [0.25, 0.3) is 0 Å². The maximum atomic E-state index is 11.5. The predicted molar refractivity (Wildman–Crippen MR) is 66.9 cm³/mol. The number of aromatic nitrogens is 1. The van der Waals surface area contributed by atoms with E-state index in [1.165, 1.54) is 32.4 Å². The van der Waals surface area contributed by atoms with Crippen LogP contribution in [-0.2, 0) is 10.0 Å². The molecule has 1 aromatic heterocycles. The van der Waals surface area contributed by atoms with Gasteiger partial charge in [0, 0.05) is 32.9 Å². The molecule has 1 heterocycles. The monoisotopic (exact) mass is 274 g/mol. The molecule has 0 fully saturated rings. The number of nitrogens with zero attached hydrogens (tertiary/aromatic N) is 3. The molecular formula is C9H14N4O4S. The molecule has 1 N–H and O–H groups in total. The predicted octanol–water partition coefficient (Wildman–Crippen LogP) is 0.293. The van der Waals surface area contributed by atoms with E-state index in [0.717, 1.165) is 4.31 Å². The number of rotatable bonds is 6. The van der Waals surface area contributed by atoms with Crippen molar-refractivity contribution in [2.45, 2.75) is 0 Å². The molecule has 0 radical (unpaired) electrons. The summed E-state index contributed by atoms with van der Waals surface area (Å²) in [5.74, 6) is -0.0928. The molecule has 0 atom stereocenters. The lowest BCUT2D eigenvalue weighted by Gasteiger charge is -2.11. The SMILES string of the molecule is CN(C)S(=O)(=O)CCNc1ncccc1[N+](=O)[O-]. The van der Waals surface area contributed by atoms with Crippen molar-refractivity contribution in [2.75, 3.05) is 31.7 Å². The fourth-order valence-electron chi connectivity index (χ4n) is 1.16. The quantitative estimate of drug-likeness (QED) is 0.590. The molecule has 0 aromatic carbocycles. The Morgan fingerprint density at radius 2 is 2.17 bits per heavy atom. The van der Waals surface area contributed by atoms with Crippen LogP contribution in [0.1, 0.15) is 0 Å². The van der Waals surface area contributed by atoms with Gasteiger partial charge in [-0.15, -0.1) is 0 Å². The Hall–Kier alpha value is -1.74. The standard InChI is InChI=1S/C9H14N4O4S/c1-12(2)18(16,17)7-6-11-9-8(13(14)15)4-3-5-10-9/h3-5H,6-7H2,1-2H3,(H,10,11). The lowest BCUT2D eigenvalue weighted by Crippen LogP contribution is -2.28. The van der Waals surface area contributed by atoms with E-state index in [-0.39, 0.29) is 23.8 Å². The first-order chi connectivity index (χ1) is 8.34. The maximum Gasteiger partial charge on any atom is 0.311 e. The van der Waals surface area contributed by atoms with Gasteiger partial charge in [-0.25, -0.2) is 17.7 Å². The molecule has 0 bridgehead atoms. The van der Waals surface area contributed by atoms with E-state index < -0.39 is 14.9 Å². The first-order valence-corrected chi connectivity index (χ1v) is 6.69. The molecule has 0 spiro atoms. The smallest absolute Gasteiger partial charge is 0.311 e. The zero-order valence-corrected chi connectivity index (χ0v) is 10.8. The minimum absolute atomic E-state index is 0.0539. The van der Waals surface area contributed by atoms with Crippen LogP contribution in [0.2, 0.25) is 0 Å². The van der Waals surface area contributed by atoms with Crippen molar-refractivity contribution in [3.05, 3.63) is 28.4 Å². The summed E-state index contributed by atoms with van der Waals surface area (Å²) >= 11 is 0. The van der Waals surface area contributed by atoms with Crippen LogP contribution in [-0.4, -0.2) is 49.0 Å². The summed E-state index contributed by atoms with van der Waals surface area (Å²) in [6.07, 6.45) is 1.40. The van der Waals surface area contributed by atoms with Gasteiger partial charge in [-0.05, 0) is 6.07 Å². The molecule has 100 valence electrons. The van der Waals surface area contributed by atoms with E-state index >= 15 is 0 Å². The topological polar surface area (TPSA) is 105 Å². The van der Waals surface area contributed by atoms with Gasteiger partial charge in [0.1, 0.15) is 0 Å². The van der Waals surface area contributed by atoms with Crippen molar-refractivity contribution >= 4 is 21.5 Å².